The Morgan fingerprint density at radius 2 is 1.86 bits per heavy atom. The van der Waals surface area contributed by atoms with E-state index in [1.807, 2.05) is 28.8 Å². The molecular formula is C19H26ClN5O2S. The van der Waals surface area contributed by atoms with E-state index in [9.17, 15) is 9.59 Å². The Bertz CT molecular complexity index is 779. The summed E-state index contributed by atoms with van der Waals surface area (Å²) in [4.78, 5) is 23.4. The van der Waals surface area contributed by atoms with Gasteiger partial charge in [-0.1, -0.05) is 49.5 Å². The van der Waals surface area contributed by atoms with Gasteiger partial charge in [0, 0.05) is 23.7 Å². The lowest BCUT2D eigenvalue weighted by atomic mass is 10.2. The van der Waals surface area contributed by atoms with Crippen LogP contribution in [0.5, 0.6) is 0 Å². The molecule has 3 amide bonds. The molecule has 2 rings (SSSR count). The number of unbranched alkanes of at least 4 members (excludes halogenated alkanes) is 3. The summed E-state index contributed by atoms with van der Waals surface area (Å²) in [5, 5.41) is 14.7. The van der Waals surface area contributed by atoms with Gasteiger partial charge in [0.05, 0.1) is 5.75 Å². The number of hydrogen-bond acceptors (Lipinski definition) is 5. The maximum absolute atomic E-state index is 12.0. The fourth-order valence-electron chi connectivity index (χ4n) is 2.60. The highest BCUT2D eigenvalue weighted by Crippen LogP contribution is 2.25. The van der Waals surface area contributed by atoms with Crippen molar-refractivity contribution in [1.82, 2.24) is 25.4 Å². The van der Waals surface area contributed by atoms with Gasteiger partial charge < -0.3 is 9.88 Å². The van der Waals surface area contributed by atoms with Gasteiger partial charge in [-0.05, 0) is 37.6 Å². The summed E-state index contributed by atoms with van der Waals surface area (Å²) in [7, 11) is 0. The minimum absolute atomic E-state index is 0.0881. The SMILES string of the molecule is CCCCCCn1c(SCC(=O)NC(=O)NCC)nnc1-c1ccc(Cl)cc1. The predicted molar refractivity (Wildman–Crippen MR) is 113 cm³/mol. The Kier molecular flexibility index (Phi) is 9.30. The lowest BCUT2D eigenvalue weighted by Crippen LogP contribution is -2.40. The third kappa shape index (κ3) is 6.83. The fraction of sp³-hybridized carbons (Fsp3) is 0.474. The van der Waals surface area contributed by atoms with Gasteiger partial charge in [-0.15, -0.1) is 10.2 Å². The van der Waals surface area contributed by atoms with Crippen LogP contribution in [0, 0.1) is 0 Å². The molecule has 0 bridgehead atoms. The zero-order valence-electron chi connectivity index (χ0n) is 16.2. The number of benzene rings is 1. The monoisotopic (exact) mass is 423 g/mol. The molecule has 0 aliphatic rings. The second kappa shape index (κ2) is 11.7. The number of carbonyl (C=O) groups is 2. The molecule has 0 radical (unpaired) electrons. The van der Waals surface area contributed by atoms with E-state index in [0.717, 1.165) is 37.2 Å². The van der Waals surface area contributed by atoms with Crippen LogP contribution in [0.3, 0.4) is 0 Å². The van der Waals surface area contributed by atoms with Crippen molar-refractivity contribution in [2.75, 3.05) is 12.3 Å². The highest BCUT2D eigenvalue weighted by Gasteiger charge is 2.16. The van der Waals surface area contributed by atoms with Crippen molar-refractivity contribution in [2.45, 2.75) is 51.2 Å². The van der Waals surface area contributed by atoms with E-state index in [1.54, 1.807) is 6.92 Å². The third-order valence-electron chi connectivity index (χ3n) is 3.98. The Morgan fingerprint density at radius 1 is 1.11 bits per heavy atom. The smallest absolute Gasteiger partial charge is 0.321 e. The lowest BCUT2D eigenvalue weighted by molar-refractivity contribution is -0.117. The largest absolute Gasteiger partial charge is 0.338 e. The molecule has 28 heavy (non-hydrogen) atoms. The number of halogens is 1. The molecule has 0 saturated heterocycles. The summed E-state index contributed by atoms with van der Waals surface area (Å²) in [6.07, 6.45) is 4.46. The molecule has 1 heterocycles. The van der Waals surface area contributed by atoms with Gasteiger partial charge in [0.15, 0.2) is 11.0 Å². The highest BCUT2D eigenvalue weighted by atomic mass is 35.5. The summed E-state index contributed by atoms with van der Waals surface area (Å²) in [5.74, 6) is 0.467. The first kappa shape index (κ1) is 22.2. The van der Waals surface area contributed by atoms with Gasteiger partial charge in [-0.25, -0.2) is 4.79 Å². The van der Waals surface area contributed by atoms with Crippen molar-refractivity contribution in [3.63, 3.8) is 0 Å². The molecule has 9 heteroatoms. The Balaban J connectivity index is 2.10. The Morgan fingerprint density at radius 3 is 2.54 bits per heavy atom. The molecule has 1 aromatic carbocycles. The van der Waals surface area contributed by atoms with Crippen LogP contribution in [0.4, 0.5) is 4.79 Å². The number of thioether (sulfide) groups is 1. The Hall–Kier alpha value is -2.06. The third-order valence-corrected chi connectivity index (χ3v) is 5.20. The number of urea groups is 1. The second-order valence-electron chi connectivity index (χ2n) is 6.22. The molecule has 0 spiro atoms. The number of rotatable bonds is 10. The molecule has 0 atom stereocenters. The van der Waals surface area contributed by atoms with Crippen LogP contribution in [-0.2, 0) is 11.3 Å². The van der Waals surface area contributed by atoms with Crippen LogP contribution in [0.2, 0.25) is 5.02 Å². The topological polar surface area (TPSA) is 88.9 Å². The molecule has 152 valence electrons. The number of nitrogens with zero attached hydrogens (tertiary/aromatic N) is 3. The van der Waals surface area contributed by atoms with Gasteiger partial charge in [0.2, 0.25) is 5.91 Å². The molecule has 2 aromatic rings. The van der Waals surface area contributed by atoms with Crippen LogP contribution in [-0.4, -0.2) is 39.0 Å². The minimum Gasteiger partial charge on any atom is -0.338 e. The van der Waals surface area contributed by atoms with E-state index in [2.05, 4.69) is 27.8 Å². The summed E-state index contributed by atoms with van der Waals surface area (Å²) >= 11 is 7.26. The average Bonchev–Trinajstić information content (AvgIpc) is 3.07. The van der Waals surface area contributed by atoms with E-state index >= 15 is 0 Å². The van der Waals surface area contributed by atoms with Crippen LogP contribution in [0.15, 0.2) is 29.4 Å². The predicted octanol–water partition coefficient (Wildman–Crippen LogP) is 4.12. The van der Waals surface area contributed by atoms with Crippen LogP contribution in [0.1, 0.15) is 39.5 Å². The van der Waals surface area contributed by atoms with E-state index in [1.165, 1.54) is 18.2 Å². The van der Waals surface area contributed by atoms with Gasteiger partial charge in [-0.2, -0.15) is 0 Å². The van der Waals surface area contributed by atoms with Gasteiger partial charge >= 0.3 is 6.03 Å². The number of aromatic nitrogens is 3. The maximum Gasteiger partial charge on any atom is 0.321 e. The number of amides is 3. The first-order valence-corrected chi connectivity index (χ1v) is 10.8. The van der Waals surface area contributed by atoms with Crippen molar-refractivity contribution in [1.29, 1.82) is 0 Å². The van der Waals surface area contributed by atoms with Gasteiger partial charge in [0.25, 0.3) is 0 Å². The summed E-state index contributed by atoms with van der Waals surface area (Å²) in [5.41, 5.74) is 0.922. The zero-order valence-corrected chi connectivity index (χ0v) is 17.8. The van der Waals surface area contributed by atoms with Crippen molar-refractivity contribution < 1.29 is 9.59 Å². The minimum atomic E-state index is -0.490. The molecule has 0 aliphatic carbocycles. The summed E-state index contributed by atoms with van der Waals surface area (Å²) < 4.78 is 2.03. The van der Waals surface area contributed by atoms with Crippen LogP contribution in [0.25, 0.3) is 11.4 Å². The second-order valence-corrected chi connectivity index (χ2v) is 7.60. The first-order chi connectivity index (χ1) is 13.5. The van der Waals surface area contributed by atoms with Crippen molar-refractivity contribution in [3.8, 4) is 11.4 Å². The fourth-order valence-corrected chi connectivity index (χ4v) is 3.49. The van der Waals surface area contributed by atoms with Gasteiger partial charge in [-0.3, -0.25) is 10.1 Å². The van der Waals surface area contributed by atoms with Crippen molar-refractivity contribution >= 4 is 35.3 Å². The summed E-state index contributed by atoms with van der Waals surface area (Å²) in [6.45, 7) is 5.19. The number of hydrogen-bond donors (Lipinski definition) is 2. The molecule has 0 unspecified atom stereocenters. The molecule has 1 aromatic heterocycles. The molecule has 7 nitrogen and oxygen atoms in total. The number of nitrogens with one attached hydrogen (secondary N) is 2. The quantitative estimate of drug-likeness (QED) is 0.443. The molecule has 0 fully saturated rings. The lowest BCUT2D eigenvalue weighted by Gasteiger charge is -2.10. The van der Waals surface area contributed by atoms with E-state index < -0.39 is 6.03 Å². The van der Waals surface area contributed by atoms with Crippen molar-refractivity contribution in [3.05, 3.63) is 29.3 Å². The average molecular weight is 424 g/mol. The zero-order chi connectivity index (χ0) is 20.4. The first-order valence-electron chi connectivity index (χ1n) is 9.44. The highest BCUT2D eigenvalue weighted by molar-refractivity contribution is 7.99. The number of imide groups is 1. The molecule has 0 aliphatic heterocycles. The van der Waals surface area contributed by atoms with E-state index in [-0.39, 0.29) is 11.7 Å². The Labute approximate surface area is 174 Å². The van der Waals surface area contributed by atoms with Crippen LogP contribution < -0.4 is 10.6 Å². The van der Waals surface area contributed by atoms with Crippen LogP contribution >= 0.6 is 23.4 Å². The molecule has 0 saturated carbocycles. The van der Waals surface area contributed by atoms with Crippen molar-refractivity contribution in [2.24, 2.45) is 0 Å². The standard InChI is InChI=1S/C19H26ClN5O2S/c1-3-5-6-7-12-25-17(14-8-10-15(20)11-9-14)23-24-19(25)28-13-16(26)22-18(27)21-4-2/h8-11H,3-7,12-13H2,1-2H3,(H2,21,22,26,27). The maximum atomic E-state index is 12.0. The van der Waals surface area contributed by atoms with Gasteiger partial charge in [0.1, 0.15) is 0 Å². The normalized spacial score (nSPS) is 10.7. The number of carbonyl (C=O) groups excluding carboxylic acids is 2. The summed E-state index contributed by atoms with van der Waals surface area (Å²) in [6, 6.07) is 6.96. The molecular weight excluding hydrogens is 398 g/mol. The molecule has 2 N–H and O–H groups in total. The van der Waals surface area contributed by atoms with E-state index in [4.69, 9.17) is 11.6 Å². The van der Waals surface area contributed by atoms with E-state index in [0.29, 0.717) is 16.7 Å².